The number of ether oxygens (including phenoxy) is 3. The summed E-state index contributed by atoms with van der Waals surface area (Å²) in [6.45, 7) is 0. The highest BCUT2D eigenvalue weighted by atomic mass is 16.6. The van der Waals surface area contributed by atoms with Gasteiger partial charge in [0.05, 0.1) is 26.0 Å². The van der Waals surface area contributed by atoms with Crippen LogP contribution < -0.4 is 14.2 Å². The maximum atomic E-state index is 11.4. The van der Waals surface area contributed by atoms with Crippen molar-refractivity contribution in [3.05, 3.63) is 35.5 Å². The van der Waals surface area contributed by atoms with Gasteiger partial charge in [0, 0.05) is 18.2 Å². The number of carboxylic acids is 1. The highest BCUT2D eigenvalue weighted by Crippen LogP contribution is 2.30. The molecule has 2 aromatic rings. The average molecular weight is 347 g/mol. The fraction of sp³-hybridized carbons (Fsp3) is 0.250. The van der Waals surface area contributed by atoms with Gasteiger partial charge in [-0.05, 0) is 12.1 Å². The Kier molecular flexibility index (Phi) is 6.10. The van der Waals surface area contributed by atoms with E-state index in [2.05, 4.69) is 20.0 Å². The lowest BCUT2D eigenvalue weighted by molar-refractivity contribution is 0.0695. The highest BCUT2D eigenvalue weighted by Gasteiger charge is 2.17. The van der Waals surface area contributed by atoms with Gasteiger partial charge < -0.3 is 24.2 Å². The number of hydrogen-bond donors (Lipinski definition) is 1. The molecule has 1 N–H and O–H groups in total. The zero-order chi connectivity index (χ0) is 18.2. The van der Waals surface area contributed by atoms with Crippen LogP contribution in [0.4, 0.5) is 0 Å². The van der Waals surface area contributed by atoms with E-state index in [0.717, 1.165) is 0 Å². The molecular weight excluding hydrogens is 330 g/mol. The number of rotatable bonds is 8. The van der Waals surface area contributed by atoms with E-state index in [4.69, 9.17) is 14.2 Å². The molecule has 9 nitrogen and oxygen atoms in total. The van der Waals surface area contributed by atoms with Crippen molar-refractivity contribution in [2.24, 2.45) is 5.16 Å². The molecule has 2 rings (SSSR count). The summed E-state index contributed by atoms with van der Waals surface area (Å²) < 4.78 is 15.8. The van der Waals surface area contributed by atoms with Gasteiger partial charge >= 0.3 is 12.0 Å². The second-order valence-corrected chi connectivity index (χ2v) is 4.59. The maximum Gasteiger partial charge on any atom is 0.336 e. The zero-order valence-corrected chi connectivity index (χ0v) is 13.9. The molecule has 0 bridgehead atoms. The van der Waals surface area contributed by atoms with Gasteiger partial charge in [0.15, 0.2) is 5.75 Å². The van der Waals surface area contributed by atoms with Crippen LogP contribution in [0.25, 0.3) is 0 Å². The van der Waals surface area contributed by atoms with Crippen LogP contribution in [0.1, 0.15) is 15.9 Å². The Morgan fingerprint density at radius 2 is 2.04 bits per heavy atom. The molecule has 25 heavy (non-hydrogen) atoms. The Balaban J connectivity index is 2.39. The highest BCUT2D eigenvalue weighted by molar-refractivity contribution is 5.91. The number of oxime groups is 1. The van der Waals surface area contributed by atoms with Crippen molar-refractivity contribution >= 4 is 12.2 Å². The van der Waals surface area contributed by atoms with Crippen LogP contribution in [0.2, 0.25) is 0 Å². The largest absolute Gasteiger partial charge is 0.490 e. The summed E-state index contributed by atoms with van der Waals surface area (Å²) in [5.41, 5.74) is 0.495. The Labute approximate surface area is 143 Å². The summed E-state index contributed by atoms with van der Waals surface area (Å²) in [4.78, 5) is 24.2. The number of carbonyl (C=O) groups is 1. The molecule has 0 radical (unpaired) electrons. The van der Waals surface area contributed by atoms with E-state index in [-0.39, 0.29) is 29.6 Å². The number of methoxy groups -OCH3 is 2. The SMILES string of the molecule is CON=CCc1c(Oc2ncc(OC)c(OC)n2)cccc1C(=O)O. The summed E-state index contributed by atoms with van der Waals surface area (Å²) in [6, 6.07) is 4.64. The van der Waals surface area contributed by atoms with E-state index in [1.807, 2.05) is 0 Å². The second-order valence-electron chi connectivity index (χ2n) is 4.59. The number of aromatic carboxylic acids is 1. The lowest BCUT2D eigenvalue weighted by atomic mass is 10.0. The lowest BCUT2D eigenvalue weighted by Gasteiger charge is -2.12. The third kappa shape index (κ3) is 4.34. The molecule has 1 aromatic carbocycles. The third-order valence-electron chi connectivity index (χ3n) is 3.15. The molecule has 0 atom stereocenters. The number of carboxylic acid groups (broad SMARTS) is 1. The Bertz CT molecular complexity index is 778. The third-order valence-corrected chi connectivity index (χ3v) is 3.15. The quantitative estimate of drug-likeness (QED) is 0.571. The lowest BCUT2D eigenvalue weighted by Crippen LogP contribution is -2.06. The summed E-state index contributed by atoms with van der Waals surface area (Å²) in [5, 5.41) is 13.0. The second kappa shape index (κ2) is 8.48. The van der Waals surface area contributed by atoms with E-state index < -0.39 is 5.97 Å². The van der Waals surface area contributed by atoms with Crippen molar-refractivity contribution in [1.82, 2.24) is 9.97 Å². The molecule has 0 amide bonds. The van der Waals surface area contributed by atoms with Crippen LogP contribution >= 0.6 is 0 Å². The predicted octanol–water partition coefficient (Wildman–Crippen LogP) is 2.16. The van der Waals surface area contributed by atoms with Crippen molar-refractivity contribution in [3.63, 3.8) is 0 Å². The van der Waals surface area contributed by atoms with Crippen molar-refractivity contribution in [2.45, 2.75) is 6.42 Å². The van der Waals surface area contributed by atoms with Crippen LogP contribution in [-0.2, 0) is 11.3 Å². The van der Waals surface area contributed by atoms with Crippen LogP contribution in [0, 0.1) is 0 Å². The molecule has 0 fully saturated rings. The molecule has 0 aliphatic heterocycles. The number of nitrogens with zero attached hydrogens (tertiary/aromatic N) is 3. The average Bonchev–Trinajstić information content (AvgIpc) is 2.62. The van der Waals surface area contributed by atoms with Gasteiger partial charge in [-0.25, -0.2) is 4.79 Å². The first-order chi connectivity index (χ1) is 12.1. The van der Waals surface area contributed by atoms with E-state index in [9.17, 15) is 9.90 Å². The van der Waals surface area contributed by atoms with Crippen LogP contribution in [0.15, 0.2) is 29.6 Å². The first-order valence-electron chi connectivity index (χ1n) is 7.13. The Morgan fingerprint density at radius 1 is 1.24 bits per heavy atom. The molecule has 9 heteroatoms. The fourth-order valence-electron chi connectivity index (χ4n) is 2.05. The topological polar surface area (TPSA) is 112 Å². The summed E-state index contributed by atoms with van der Waals surface area (Å²) in [6.07, 6.45) is 3.03. The van der Waals surface area contributed by atoms with E-state index in [0.29, 0.717) is 11.3 Å². The van der Waals surface area contributed by atoms with E-state index in [1.165, 1.54) is 39.8 Å². The molecule has 0 aliphatic carbocycles. The summed E-state index contributed by atoms with van der Waals surface area (Å²) in [7, 11) is 4.30. The number of aromatic nitrogens is 2. The summed E-state index contributed by atoms with van der Waals surface area (Å²) >= 11 is 0. The molecule has 0 saturated carbocycles. The molecular formula is C16H17N3O6. The van der Waals surface area contributed by atoms with E-state index in [1.54, 1.807) is 12.1 Å². The predicted molar refractivity (Wildman–Crippen MR) is 87.8 cm³/mol. The number of benzene rings is 1. The molecule has 1 heterocycles. The van der Waals surface area contributed by atoms with Crippen molar-refractivity contribution in [1.29, 1.82) is 0 Å². The minimum absolute atomic E-state index is 0.00915. The van der Waals surface area contributed by atoms with Gasteiger partial charge in [0.1, 0.15) is 12.9 Å². The normalized spacial score (nSPS) is 10.5. The molecule has 132 valence electrons. The van der Waals surface area contributed by atoms with Gasteiger partial charge in [-0.2, -0.15) is 9.97 Å². The van der Waals surface area contributed by atoms with E-state index >= 15 is 0 Å². The monoisotopic (exact) mass is 347 g/mol. The smallest absolute Gasteiger partial charge is 0.336 e. The molecule has 0 aliphatic rings. The van der Waals surface area contributed by atoms with Crippen molar-refractivity contribution in [3.8, 4) is 23.4 Å². The minimum atomic E-state index is -1.08. The molecule has 1 aromatic heterocycles. The van der Waals surface area contributed by atoms with Crippen LogP contribution in [0.5, 0.6) is 23.4 Å². The van der Waals surface area contributed by atoms with Crippen molar-refractivity contribution in [2.75, 3.05) is 21.3 Å². The first-order valence-corrected chi connectivity index (χ1v) is 7.13. The van der Waals surface area contributed by atoms with Gasteiger partial charge in [0.25, 0.3) is 5.88 Å². The van der Waals surface area contributed by atoms with Gasteiger partial charge in [-0.15, -0.1) is 0 Å². The minimum Gasteiger partial charge on any atom is -0.490 e. The van der Waals surface area contributed by atoms with Crippen LogP contribution in [-0.4, -0.2) is 48.6 Å². The molecule has 0 spiro atoms. The zero-order valence-electron chi connectivity index (χ0n) is 13.9. The van der Waals surface area contributed by atoms with Crippen molar-refractivity contribution < 1.29 is 28.9 Å². The first kappa shape index (κ1) is 18.0. The van der Waals surface area contributed by atoms with Crippen LogP contribution in [0.3, 0.4) is 0 Å². The molecule has 0 unspecified atom stereocenters. The Morgan fingerprint density at radius 3 is 2.68 bits per heavy atom. The summed E-state index contributed by atoms with van der Waals surface area (Å²) in [5.74, 6) is -0.250. The maximum absolute atomic E-state index is 11.4. The Hall–Kier alpha value is -3.36. The fourth-order valence-corrected chi connectivity index (χ4v) is 2.05. The van der Waals surface area contributed by atoms with Gasteiger partial charge in [-0.1, -0.05) is 11.2 Å². The number of hydrogen-bond acceptors (Lipinski definition) is 8. The standard InChI is InChI=1S/C16H17N3O6/c1-22-13-9-17-16(19-14(13)23-2)25-12-6-4-5-11(15(20)21)10(12)7-8-18-24-3/h4-6,8-9H,7H2,1-3H3,(H,20,21). The molecule has 0 saturated heterocycles. The van der Waals surface area contributed by atoms with Gasteiger partial charge in [-0.3, -0.25) is 0 Å². The van der Waals surface area contributed by atoms with Gasteiger partial charge in [0.2, 0.25) is 0 Å².